The Bertz CT molecular complexity index is 483. The number of halogens is 1. The minimum atomic E-state index is -0.519. The van der Waals surface area contributed by atoms with Crippen LogP contribution in [-0.4, -0.2) is 22.7 Å². The van der Waals surface area contributed by atoms with Gasteiger partial charge in [0.25, 0.3) is 0 Å². The van der Waals surface area contributed by atoms with E-state index in [9.17, 15) is 14.0 Å². The van der Waals surface area contributed by atoms with Gasteiger partial charge >= 0.3 is 6.03 Å². The zero-order chi connectivity index (χ0) is 15.3. The molecule has 0 aliphatic heterocycles. The summed E-state index contributed by atoms with van der Waals surface area (Å²) >= 11 is 1.26. The zero-order valence-corrected chi connectivity index (χ0v) is 12.8. The van der Waals surface area contributed by atoms with Crippen LogP contribution in [0.1, 0.15) is 27.7 Å². The van der Waals surface area contributed by atoms with E-state index in [2.05, 4.69) is 10.6 Å². The van der Waals surface area contributed by atoms with Gasteiger partial charge in [0.15, 0.2) is 0 Å². The maximum Gasteiger partial charge on any atom is 0.321 e. The highest BCUT2D eigenvalue weighted by Gasteiger charge is 2.20. The predicted octanol–water partition coefficient (Wildman–Crippen LogP) is 2.93. The lowest BCUT2D eigenvalue weighted by molar-refractivity contribution is -0.119. The summed E-state index contributed by atoms with van der Waals surface area (Å²) in [5.41, 5.74) is -0.405. The highest BCUT2D eigenvalue weighted by Crippen LogP contribution is 2.23. The Morgan fingerprint density at radius 2 is 1.75 bits per heavy atom. The zero-order valence-electron chi connectivity index (χ0n) is 12.0. The van der Waals surface area contributed by atoms with Crippen LogP contribution in [0.15, 0.2) is 29.2 Å². The van der Waals surface area contributed by atoms with Crippen molar-refractivity contribution in [2.24, 2.45) is 0 Å². The van der Waals surface area contributed by atoms with Crippen molar-refractivity contribution >= 4 is 23.7 Å². The summed E-state index contributed by atoms with van der Waals surface area (Å²) in [6.45, 7) is 7.17. The van der Waals surface area contributed by atoms with E-state index in [0.717, 1.165) is 4.90 Å². The fourth-order valence-corrected chi connectivity index (χ4v) is 2.22. The Morgan fingerprint density at radius 1 is 1.20 bits per heavy atom. The molecule has 0 saturated heterocycles. The number of amides is 3. The Balaban J connectivity index is 2.51. The van der Waals surface area contributed by atoms with Crippen molar-refractivity contribution in [2.75, 3.05) is 0 Å². The average molecular weight is 298 g/mol. The molecule has 0 heterocycles. The molecule has 1 aromatic carbocycles. The molecule has 0 aliphatic carbocycles. The number of urea groups is 1. The van der Waals surface area contributed by atoms with Crippen molar-refractivity contribution in [3.63, 3.8) is 0 Å². The first-order valence-electron chi connectivity index (χ1n) is 6.22. The van der Waals surface area contributed by atoms with Crippen molar-refractivity contribution in [2.45, 2.75) is 43.4 Å². The van der Waals surface area contributed by atoms with Gasteiger partial charge in [-0.3, -0.25) is 10.1 Å². The monoisotopic (exact) mass is 298 g/mol. The first-order valence-corrected chi connectivity index (χ1v) is 7.10. The van der Waals surface area contributed by atoms with Crippen LogP contribution in [0.3, 0.4) is 0 Å². The van der Waals surface area contributed by atoms with Gasteiger partial charge in [0.2, 0.25) is 5.91 Å². The fourth-order valence-electron chi connectivity index (χ4n) is 1.36. The molecule has 1 rings (SSSR count). The average Bonchev–Trinajstić information content (AvgIpc) is 2.29. The minimum Gasteiger partial charge on any atom is -0.333 e. The molecule has 1 aromatic rings. The summed E-state index contributed by atoms with van der Waals surface area (Å²) in [5, 5.41) is 4.48. The maximum absolute atomic E-state index is 12.8. The molecule has 6 heteroatoms. The molecule has 0 spiro atoms. The standard InChI is InChI=1S/C14H19FN2O2S/c1-9(20-11-7-5-10(15)6-8-11)12(18)16-13(19)17-14(2,3)4/h5-9H,1-4H3,(H2,16,17,18,19)/t9-/m0/s1. The summed E-state index contributed by atoms with van der Waals surface area (Å²) in [6, 6.07) is 5.34. The third kappa shape index (κ3) is 6.06. The molecule has 3 amide bonds. The van der Waals surface area contributed by atoms with Gasteiger partial charge in [-0.15, -0.1) is 11.8 Å². The second kappa shape index (κ2) is 6.74. The molecule has 0 radical (unpaired) electrons. The Labute approximate surface area is 122 Å². The van der Waals surface area contributed by atoms with E-state index in [1.165, 1.54) is 23.9 Å². The summed E-state index contributed by atoms with van der Waals surface area (Å²) in [7, 11) is 0. The number of carbonyl (C=O) groups excluding carboxylic acids is 2. The van der Waals surface area contributed by atoms with Crippen LogP contribution in [0.4, 0.5) is 9.18 Å². The largest absolute Gasteiger partial charge is 0.333 e. The van der Waals surface area contributed by atoms with Gasteiger partial charge in [0, 0.05) is 10.4 Å². The molecule has 0 saturated carbocycles. The van der Waals surface area contributed by atoms with Crippen LogP contribution in [0.2, 0.25) is 0 Å². The van der Waals surface area contributed by atoms with Crippen LogP contribution in [0.25, 0.3) is 0 Å². The molecule has 0 unspecified atom stereocenters. The lowest BCUT2D eigenvalue weighted by Crippen LogP contribution is -2.49. The van der Waals surface area contributed by atoms with Gasteiger partial charge in [-0.1, -0.05) is 0 Å². The smallest absolute Gasteiger partial charge is 0.321 e. The number of hydrogen-bond acceptors (Lipinski definition) is 3. The minimum absolute atomic E-state index is 0.323. The Hall–Kier alpha value is -1.56. The van der Waals surface area contributed by atoms with E-state index in [1.807, 2.05) is 20.8 Å². The first kappa shape index (κ1) is 16.5. The van der Waals surface area contributed by atoms with Crippen LogP contribution in [0, 0.1) is 5.82 Å². The molecule has 20 heavy (non-hydrogen) atoms. The van der Waals surface area contributed by atoms with Crippen molar-refractivity contribution in [1.82, 2.24) is 10.6 Å². The first-order chi connectivity index (χ1) is 9.17. The van der Waals surface area contributed by atoms with E-state index >= 15 is 0 Å². The third-order valence-electron chi connectivity index (χ3n) is 2.22. The van der Waals surface area contributed by atoms with E-state index in [4.69, 9.17) is 0 Å². The summed E-state index contributed by atoms with van der Waals surface area (Å²) in [6.07, 6.45) is 0. The number of nitrogens with one attached hydrogen (secondary N) is 2. The lowest BCUT2D eigenvalue weighted by atomic mass is 10.1. The van der Waals surface area contributed by atoms with E-state index in [1.54, 1.807) is 19.1 Å². The van der Waals surface area contributed by atoms with Crippen molar-refractivity contribution in [3.8, 4) is 0 Å². The van der Waals surface area contributed by atoms with E-state index in [-0.39, 0.29) is 11.7 Å². The highest BCUT2D eigenvalue weighted by atomic mass is 32.2. The molecule has 0 bridgehead atoms. The van der Waals surface area contributed by atoms with Crippen molar-refractivity contribution in [3.05, 3.63) is 30.1 Å². The number of carbonyl (C=O) groups is 2. The quantitative estimate of drug-likeness (QED) is 0.844. The van der Waals surface area contributed by atoms with Gasteiger partial charge in [-0.05, 0) is 52.0 Å². The fraction of sp³-hybridized carbons (Fsp3) is 0.429. The summed E-state index contributed by atoms with van der Waals surface area (Å²) in [4.78, 5) is 24.2. The number of benzene rings is 1. The van der Waals surface area contributed by atoms with Crippen molar-refractivity contribution < 1.29 is 14.0 Å². The normalized spacial score (nSPS) is 12.7. The van der Waals surface area contributed by atoms with Crippen molar-refractivity contribution in [1.29, 1.82) is 0 Å². The number of thioether (sulfide) groups is 1. The summed E-state index contributed by atoms with van der Waals surface area (Å²) < 4.78 is 12.8. The molecule has 4 nitrogen and oxygen atoms in total. The van der Waals surface area contributed by atoms with Gasteiger partial charge in [0.05, 0.1) is 5.25 Å². The topological polar surface area (TPSA) is 58.2 Å². The van der Waals surface area contributed by atoms with Crippen LogP contribution >= 0.6 is 11.8 Å². The molecule has 2 N–H and O–H groups in total. The number of hydrogen-bond donors (Lipinski definition) is 2. The number of rotatable bonds is 3. The van der Waals surface area contributed by atoms with Gasteiger partial charge in [0.1, 0.15) is 5.82 Å². The van der Waals surface area contributed by atoms with Gasteiger partial charge < -0.3 is 5.32 Å². The predicted molar refractivity (Wildman–Crippen MR) is 78.1 cm³/mol. The second-order valence-electron chi connectivity index (χ2n) is 5.41. The molecule has 110 valence electrons. The molecule has 1 atom stereocenters. The lowest BCUT2D eigenvalue weighted by Gasteiger charge is -2.21. The molecule has 0 aromatic heterocycles. The van der Waals surface area contributed by atoms with Gasteiger partial charge in [-0.2, -0.15) is 0 Å². The Kier molecular flexibility index (Phi) is 5.56. The van der Waals surface area contributed by atoms with Crippen LogP contribution in [-0.2, 0) is 4.79 Å². The van der Waals surface area contributed by atoms with Crippen LogP contribution in [0.5, 0.6) is 0 Å². The molecular formula is C14H19FN2O2S. The molecule has 0 fully saturated rings. The SMILES string of the molecule is C[C@H](Sc1ccc(F)cc1)C(=O)NC(=O)NC(C)(C)C. The third-order valence-corrected chi connectivity index (χ3v) is 3.33. The second-order valence-corrected chi connectivity index (χ2v) is 6.82. The molecule has 0 aliphatic rings. The maximum atomic E-state index is 12.8. The summed E-state index contributed by atoms with van der Waals surface area (Å²) in [5.74, 6) is -0.711. The van der Waals surface area contributed by atoms with E-state index in [0.29, 0.717) is 0 Å². The highest BCUT2D eigenvalue weighted by molar-refractivity contribution is 8.00. The van der Waals surface area contributed by atoms with E-state index < -0.39 is 16.8 Å². The molecular weight excluding hydrogens is 279 g/mol. The number of imide groups is 1. The van der Waals surface area contributed by atoms with Crippen LogP contribution < -0.4 is 10.6 Å². The Morgan fingerprint density at radius 3 is 2.25 bits per heavy atom. The van der Waals surface area contributed by atoms with Gasteiger partial charge in [-0.25, -0.2) is 9.18 Å².